The number of anilines is 2. The van der Waals surface area contributed by atoms with E-state index in [0.717, 1.165) is 6.42 Å². The molecule has 0 fully saturated rings. The third-order valence-corrected chi connectivity index (χ3v) is 2.56. The Morgan fingerprint density at radius 2 is 2.00 bits per heavy atom. The second-order valence-corrected chi connectivity index (χ2v) is 4.25. The van der Waals surface area contributed by atoms with Crippen LogP contribution in [0.5, 0.6) is 0 Å². The van der Waals surface area contributed by atoms with E-state index >= 15 is 0 Å². The van der Waals surface area contributed by atoms with Crippen molar-refractivity contribution in [3.8, 4) is 0 Å². The summed E-state index contributed by atoms with van der Waals surface area (Å²) in [6.45, 7) is 7.42. The second kappa shape index (κ2) is 8.26. The Balaban J connectivity index is 2.86. The van der Waals surface area contributed by atoms with Crippen LogP contribution in [-0.2, 0) is 4.74 Å². The van der Waals surface area contributed by atoms with Gasteiger partial charge >= 0.3 is 5.69 Å². The van der Waals surface area contributed by atoms with Crippen LogP contribution in [0.2, 0.25) is 0 Å². The monoisotopic (exact) mass is 283 g/mol. The molecule has 0 aliphatic carbocycles. The van der Waals surface area contributed by atoms with Crippen molar-refractivity contribution in [1.29, 1.82) is 0 Å². The maximum absolute atomic E-state index is 11.2. The number of rotatable bonds is 9. The molecule has 0 aromatic carbocycles. The highest BCUT2D eigenvalue weighted by molar-refractivity contribution is 5.69. The van der Waals surface area contributed by atoms with E-state index in [9.17, 15) is 10.1 Å². The Bertz CT molecular complexity index is 441. The maximum atomic E-state index is 11.2. The van der Waals surface area contributed by atoms with E-state index in [4.69, 9.17) is 4.74 Å². The largest absolute Gasteiger partial charge is 0.377 e. The van der Waals surface area contributed by atoms with Crippen molar-refractivity contribution in [3.63, 3.8) is 0 Å². The number of nitro groups is 1. The summed E-state index contributed by atoms with van der Waals surface area (Å²) in [5.74, 6) is 0.438. The Kier molecular flexibility index (Phi) is 6.65. The molecular weight excluding hydrogens is 262 g/mol. The molecule has 1 rings (SSSR count). The zero-order valence-electron chi connectivity index (χ0n) is 12.0. The van der Waals surface area contributed by atoms with Crippen LogP contribution in [0, 0.1) is 10.1 Å². The summed E-state index contributed by atoms with van der Waals surface area (Å²) in [4.78, 5) is 18.6. The van der Waals surface area contributed by atoms with Crippen LogP contribution in [0.3, 0.4) is 0 Å². The first-order chi connectivity index (χ1) is 9.60. The standard InChI is InChI=1S/C12H21N5O3/c1-4-6-13-11-10(17(18)19)12(16-8-15-11)14-7-9(3)20-5-2/h8-9H,4-7H2,1-3H3,(H2,13,14,15,16). The summed E-state index contributed by atoms with van der Waals surface area (Å²) in [7, 11) is 0. The third kappa shape index (κ3) is 4.61. The molecule has 0 spiro atoms. The van der Waals surface area contributed by atoms with Gasteiger partial charge < -0.3 is 15.4 Å². The fourth-order valence-electron chi connectivity index (χ4n) is 1.64. The van der Waals surface area contributed by atoms with E-state index < -0.39 is 4.92 Å². The number of aromatic nitrogens is 2. The van der Waals surface area contributed by atoms with Crippen LogP contribution in [0.1, 0.15) is 27.2 Å². The highest BCUT2D eigenvalue weighted by atomic mass is 16.6. The van der Waals surface area contributed by atoms with Crippen molar-refractivity contribution in [2.75, 3.05) is 30.3 Å². The normalized spacial score (nSPS) is 11.9. The minimum Gasteiger partial charge on any atom is -0.377 e. The highest BCUT2D eigenvalue weighted by Gasteiger charge is 2.22. The van der Waals surface area contributed by atoms with Crippen molar-refractivity contribution in [2.24, 2.45) is 0 Å². The van der Waals surface area contributed by atoms with E-state index in [1.807, 2.05) is 20.8 Å². The fraction of sp³-hybridized carbons (Fsp3) is 0.667. The predicted molar refractivity (Wildman–Crippen MR) is 77.0 cm³/mol. The number of nitrogens with one attached hydrogen (secondary N) is 2. The second-order valence-electron chi connectivity index (χ2n) is 4.25. The summed E-state index contributed by atoms with van der Waals surface area (Å²) in [5.41, 5.74) is -0.135. The molecule has 1 aromatic heterocycles. The number of nitrogens with zero attached hydrogens (tertiary/aromatic N) is 3. The number of hydrogen-bond donors (Lipinski definition) is 2. The summed E-state index contributed by atoms with van der Waals surface area (Å²) >= 11 is 0. The zero-order chi connectivity index (χ0) is 15.0. The van der Waals surface area contributed by atoms with E-state index in [2.05, 4.69) is 20.6 Å². The zero-order valence-corrected chi connectivity index (χ0v) is 12.0. The lowest BCUT2D eigenvalue weighted by atomic mass is 10.3. The van der Waals surface area contributed by atoms with Crippen LogP contribution in [0.4, 0.5) is 17.3 Å². The summed E-state index contributed by atoms with van der Waals surface area (Å²) in [6.07, 6.45) is 2.10. The van der Waals surface area contributed by atoms with Crippen LogP contribution in [0.15, 0.2) is 6.33 Å². The lowest BCUT2D eigenvalue weighted by molar-refractivity contribution is -0.383. The molecule has 1 aromatic rings. The molecule has 0 aliphatic heterocycles. The minimum absolute atomic E-state index is 0.0541. The molecule has 112 valence electrons. The Morgan fingerprint density at radius 1 is 1.35 bits per heavy atom. The average molecular weight is 283 g/mol. The fourth-order valence-corrected chi connectivity index (χ4v) is 1.64. The van der Waals surface area contributed by atoms with E-state index in [1.54, 1.807) is 0 Å². The molecular formula is C12H21N5O3. The van der Waals surface area contributed by atoms with Gasteiger partial charge in [-0.25, -0.2) is 9.97 Å². The predicted octanol–water partition coefficient (Wildman–Crippen LogP) is 2.04. The first kappa shape index (κ1) is 16.1. The number of hydrogen-bond acceptors (Lipinski definition) is 7. The van der Waals surface area contributed by atoms with E-state index in [-0.39, 0.29) is 23.4 Å². The van der Waals surface area contributed by atoms with Crippen molar-refractivity contribution in [1.82, 2.24) is 9.97 Å². The first-order valence-electron chi connectivity index (χ1n) is 6.68. The Morgan fingerprint density at radius 3 is 2.55 bits per heavy atom. The van der Waals surface area contributed by atoms with Gasteiger partial charge in [-0.15, -0.1) is 0 Å². The van der Waals surface area contributed by atoms with Crippen LogP contribution < -0.4 is 10.6 Å². The lowest BCUT2D eigenvalue weighted by Crippen LogP contribution is -2.21. The molecule has 20 heavy (non-hydrogen) atoms. The third-order valence-electron chi connectivity index (χ3n) is 2.56. The molecule has 0 bridgehead atoms. The van der Waals surface area contributed by atoms with Gasteiger partial charge in [-0.3, -0.25) is 10.1 Å². The first-order valence-corrected chi connectivity index (χ1v) is 6.68. The molecule has 0 amide bonds. The maximum Gasteiger partial charge on any atom is 0.353 e. The summed E-state index contributed by atoms with van der Waals surface area (Å²) in [5, 5.41) is 17.1. The molecule has 2 N–H and O–H groups in total. The molecule has 8 heteroatoms. The van der Waals surface area contributed by atoms with Crippen molar-refractivity contribution in [3.05, 3.63) is 16.4 Å². The smallest absolute Gasteiger partial charge is 0.353 e. The molecule has 0 saturated heterocycles. The quantitative estimate of drug-likeness (QED) is 0.528. The highest BCUT2D eigenvalue weighted by Crippen LogP contribution is 2.28. The van der Waals surface area contributed by atoms with Gasteiger partial charge in [0, 0.05) is 19.7 Å². The van der Waals surface area contributed by atoms with Crippen LogP contribution in [-0.4, -0.2) is 40.7 Å². The van der Waals surface area contributed by atoms with E-state index in [0.29, 0.717) is 19.7 Å². The van der Waals surface area contributed by atoms with E-state index in [1.165, 1.54) is 6.33 Å². The Hall–Kier alpha value is -1.96. The summed E-state index contributed by atoms with van der Waals surface area (Å²) < 4.78 is 5.37. The lowest BCUT2D eigenvalue weighted by Gasteiger charge is -2.13. The van der Waals surface area contributed by atoms with Gasteiger partial charge in [0.25, 0.3) is 0 Å². The van der Waals surface area contributed by atoms with Crippen LogP contribution >= 0.6 is 0 Å². The topological polar surface area (TPSA) is 102 Å². The van der Waals surface area contributed by atoms with Crippen LogP contribution in [0.25, 0.3) is 0 Å². The van der Waals surface area contributed by atoms with Crippen molar-refractivity contribution in [2.45, 2.75) is 33.3 Å². The Labute approximate surface area is 118 Å². The van der Waals surface area contributed by atoms with Gasteiger partial charge in [-0.2, -0.15) is 0 Å². The molecule has 1 unspecified atom stereocenters. The molecule has 1 atom stereocenters. The molecule has 0 aliphatic rings. The summed E-state index contributed by atoms with van der Waals surface area (Å²) in [6, 6.07) is 0. The van der Waals surface area contributed by atoms with Gasteiger partial charge in [0.05, 0.1) is 11.0 Å². The minimum atomic E-state index is -0.480. The van der Waals surface area contributed by atoms with Gasteiger partial charge in [0.15, 0.2) is 0 Å². The van der Waals surface area contributed by atoms with Gasteiger partial charge in [-0.1, -0.05) is 6.92 Å². The average Bonchev–Trinajstić information content (AvgIpc) is 2.42. The molecule has 0 radical (unpaired) electrons. The molecule has 8 nitrogen and oxygen atoms in total. The molecule has 0 saturated carbocycles. The van der Waals surface area contributed by atoms with Gasteiger partial charge in [-0.05, 0) is 20.3 Å². The SMILES string of the molecule is CCCNc1ncnc(NCC(C)OCC)c1[N+](=O)[O-]. The van der Waals surface area contributed by atoms with Crippen molar-refractivity contribution < 1.29 is 9.66 Å². The van der Waals surface area contributed by atoms with Crippen molar-refractivity contribution >= 4 is 17.3 Å². The molecule has 1 heterocycles. The van der Waals surface area contributed by atoms with Gasteiger partial charge in [0.1, 0.15) is 6.33 Å². The van der Waals surface area contributed by atoms with Gasteiger partial charge in [0.2, 0.25) is 11.6 Å². The number of ether oxygens (including phenoxy) is 1.